The van der Waals surface area contributed by atoms with Crippen LogP contribution < -0.4 is 5.73 Å². The van der Waals surface area contributed by atoms with Gasteiger partial charge in [-0.05, 0) is 28.1 Å². The molecule has 0 spiro atoms. The second-order valence-electron chi connectivity index (χ2n) is 2.77. The van der Waals surface area contributed by atoms with Crippen LogP contribution in [-0.2, 0) is 7.05 Å². The summed E-state index contributed by atoms with van der Waals surface area (Å²) in [5, 5.41) is 0. The van der Waals surface area contributed by atoms with Crippen molar-refractivity contribution in [1.29, 1.82) is 0 Å². The number of imidazole rings is 1. The third-order valence-corrected chi connectivity index (χ3v) is 3.68. The van der Waals surface area contributed by atoms with Gasteiger partial charge in [0.2, 0.25) is 5.95 Å². The summed E-state index contributed by atoms with van der Waals surface area (Å²) in [5.41, 5.74) is 6.64. The van der Waals surface area contributed by atoms with Gasteiger partial charge in [0.15, 0.2) is 0 Å². The van der Waals surface area contributed by atoms with Crippen molar-refractivity contribution >= 4 is 44.8 Å². The molecule has 0 atom stereocenters. The first-order valence-electron chi connectivity index (χ1n) is 3.83. The molecule has 0 saturated heterocycles. The van der Waals surface area contributed by atoms with Crippen molar-refractivity contribution in [2.75, 3.05) is 5.73 Å². The van der Waals surface area contributed by atoms with Crippen LogP contribution in [0.4, 0.5) is 5.95 Å². The summed E-state index contributed by atoms with van der Waals surface area (Å²) in [6.45, 7) is 0. The molecule has 0 aliphatic carbocycles. The fourth-order valence-corrected chi connectivity index (χ4v) is 3.11. The maximum absolute atomic E-state index is 5.86. The van der Waals surface area contributed by atoms with Gasteiger partial charge in [-0.25, -0.2) is 4.98 Å². The average molecular weight is 293 g/mol. The van der Waals surface area contributed by atoms with E-state index in [1.54, 1.807) is 0 Å². The van der Waals surface area contributed by atoms with Crippen LogP contribution in [0, 0.1) is 0 Å². The fourth-order valence-electron chi connectivity index (χ4n) is 1.19. The third kappa shape index (κ3) is 1.55. The molecule has 0 aliphatic heterocycles. The Bertz CT molecular complexity index is 477. The van der Waals surface area contributed by atoms with Crippen molar-refractivity contribution in [3.05, 3.63) is 21.1 Å². The van der Waals surface area contributed by atoms with Gasteiger partial charge in [-0.1, -0.05) is 11.6 Å². The number of rotatable bonds is 1. The van der Waals surface area contributed by atoms with Gasteiger partial charge >= 0.3 is 0 Å². The monoisotopic (exact) mass is 291 g/mol. The summed E-state index contributed by atoms with van der Waals surface area (Å²) in [6.07, 6.45) is 0. The number of anilines is 1. The first kappa shape index (κ1) is 10.0. The molecule has 2 rings (SSSR count). The van der Waals surface area contributed by atoms with Gasteiger partial charge in [0.05, 0.1) is 14.9 Å². The van der Waals surface area contributed by atoms with E-state index in [0.29, 0.717) is 5.95 Å². The summed E-state index contributed by atoms with van der Waals surface area (Å²) in [7, 11) is 1.87. The van der Waals surface area contributed by atoms with Crippen LogP contribution in [0.3, 0.4) is 0 Å². The van der Waals surface area contributed by atoms with Crippen LogP contribution in [0.25, 0.3) is 10.6 Å². The highest BCUT2D eigenvalue weighted by atomic mass is 79.9. The summed E-state index contributed by atoms with van der Waals surface area (Å²) < 4.78 is 3.33. The van der Waals surface area contributed by atoms with Crippen molar-refractivity contribution in [3.8, 4) is 10.6 Å². The number of aromatic nitrogens is 2. The topological polar surface area (TPSA) is 43.8 Å². The van der Waals surface area contributed by atoms with E-state index in [4.69, 9.17) is 17.3 Å². The molecule has 0 aliphatic rings. The second kappa shape index (κ2) is 3.56. The van der Waals surface area contributed by atoms with Crippen molar-refractivity contribution in [2.24, 2.45) is 7.05 Å². The molecule has 0 fully saturated rings. The molecule has 0 saturated carbocycles. The molecular weight excluding hydrogens is 286 g/mol. The molecule has 0 unspecified atom stereocenters. The number of nitrogens with zero attached hydrogens (tertiary/aromatic N) is 2. The van der Waals surface area contributed by atoms with Crippen molar-refractivity contribution in [3.63, 3.8) is 0 Å². The molecule has 0 radical (unpaired) electrons. The minimum atomic E-state index is 0.483. The fraction of sp³-hybridized carbons (Fsp3) is 0.125. The lowest BCUT2D eigenvalue weighted by Gasteiger charge is -1.99. The number of nitrogens with two attached hydrogens (primary N) is 1. The van der Waals surface area contributed by atoms with E-state index in [9.17, 15) is 0 Å². The van der Waals surface area contributed by atoms with Crippen molar-refractivity contribution in [1.82, 2.24) is 9.55 Å². The quantitative estimate of drug-likeness (QED) is 0.877. The van der Waals surface area contributed by atoms with Crippen LogP contribution in [0.5, 0.6) is 0 Å². The highest BCUT2D eigenvalue weighted by molar-refractivity contribution is 9.10. The lowest BCUT2D eigenvalue weighted by Crippen LogP contribution is -1.97. The molecule has 14 heavy (non-hydrogen) atoms. The summed E-state index contributed by atoms with van der Waals surface area (Å²) in [5.74, 6) is 0.483. The molecule has 0 aromatic carbocycles. The maximum Gasteiger partial charge on any atom is 0.201 e. The van der Waals surface area contributed by atoms with Crippen LogP contribution in [0.15, 0.2) is 16.7 Å². The average Bonchev–Trinajstić information content (AvgIpc) is 2.60. The lowest BCUT2D eigenvalue weighted by molar-refractivity contribution is 0.940. The number of hydrogen-bond donors (Lipinski definition) is 1. The Morgan fingerprint density at radius 2 is 2.29 bits per heavy atom. The van der Waals surface area contributed by atoms with E-state index in [1.807, 2.05) is 23.7 Å². The smallest absolute Gasteiger partial charge is 0.201 e. The Kier molecular flexibility index (Phi) is 2.55. The van der Waals surface area contributed by atoms with Crippen LogP contribution >= 0.6 is 38.9 Å². The van der Waals surface area contributed by atoms with Crippen LogP contribution in [0.1, 0.15) is 0 Å². The van der Waals surface area contributed by atoms with Crippen LogP contribution in [-0.4, -0.2) is 9.55 Å². The molecule has 0 bridgehead atoms. The molecule has 2 N–H and O–H groups in total. The second-order valence-corrected chi connectivity index (χ2v) is 5.24. The number of halogens is 2. The lowest BCUT2D eigenvalue weighted by atomic mass is 10.4. The third-order valence-electron chi connectivity index (χ3n) is 1.89. The van der Waals surface area contributed by atoms with E-state index in [1.165, 1.54) is 11.3 Å². The molecule has 2 heterocycles. The highest BCUT2D eigenvalue weighted by Gasteiger charge is 2.14. The predicted octanol–water partition coefficient (Wildman–Crippen LogP) is 3.15. The van der Waals surface area contributed by atoms with E-state index < -0.39 is 0 Å². The van der Waals surface area contributed by atoms with Gasteiger partial charge in [-0.15, -0.1) is 11.3 Å². The largest absolute Gasteiger partial charge is 0.369 e. The first-order valence-corrected chi connectivity index (χ1v) is 5.81. The molecule has 2 aromatic rings. The number of hydrogen-bond acceptors (Lipinski definition) is 3. The molecular formula is C8H7BrClN3S. The zero-order valence-corrected chi connectivity index (χ0v) is 10.4. The maximum atomic E-state index is 5.86. The number of nitrogen functional groups attached to an aromatic ring is 1. The number of thiophene rings is 1. The molecule has 3 nitrogen and oxygen atoms in total. The Hall–Kier alpha value is -0.520. The summed E-state index contributed by atoms with van der Waals surface area (Å²) in [4.78, 5) is 5.17. The summed E-state index contributed by atoms with van der Waals surface area (Å²) >= 11 is 10.7. The van der Waals surface area contributed by atoms with Crippen molar-refractivity contribution in [2.45, 2.75) is 0 Å². The predicted molar refractivity (Wildman–Crippen MR) is 63.6 cm³/mol. The Morgan fingerprint density at radius 1 is 1.57 bits per heavy atom. The van der Waals surface area contributed by atoms with Crippen molar-refractivity contribution < 1.29 is 0 Å². The van der Waals surface area contributed by atoms with Gasteiger partial charge in [-0.2, -0.15) is 0 Å². The Morgan fingerprint density at radius 3 is 2.71 bits per heavy atom. The Balaban J connectivity index is 2.61. The summed E-state index contributed by atoms with van der Waals surface area (Å²) in [6, 6.07) is 3.81. The minimum absolute atomic E-state index is 0.483. The standard InChI is InChI=1S/C8H7BrClN3S/c1-13-6(7(9)12-8(13)11)4-2-3-5(10)14-4/h2-3H,1H3,(H2,11,12). The minimum Gasteiger partial charge on any atom is -0.369 e. The van der Waals surface area contributed by atoms with E-state index in [-0.39, 0.29) is 0 Å². The van der Waals surface area contributed by atoms with E-state index in [0.717, 1.165) is 19.5 Å². The van der Waals surface area contributed by atoms with Gasteiger partial charge in [-0.3, -0.25) is 0 Å². The van der Waals surface area contributed by atoms with E-state index >= 15 is 0 Å². The van der Waals surface area contributed by atoms with Gasteiger partial charge in [0.1, 0.15) is 4.60 Å². The van der Waals surface area contributed by atoms with Crippen LogP contribution in [0.2, 0.25) is 4.34 Å². The van der Waals surface area contributed by atoms with E-state index in [2.05, 4.69) is 20.9 Å². The first-order chi connectivity index (χ1) is 6.59. The zero-order chi connectivity index (χ0) is 10.3. The highest BCUT2D eigenvalue weighted by Crippen LogP contribution is 2.35. The van der Waals surface area contributed by atoms with Gasteiger partial charge in [0.25, 0.3) is 0 Å². The molecule has 74 valence electrons. The van der Waals surface area contributed by atoms with Gasteiger partial charge in [0, 0.05) is 7.05 Å². The normalized spacial score (nSPS) is 10.8. The Labute approximate surface area is 98.6 Å². The molecule has 2 aromatic heterocycles. The molecule has 0 amide bonds. The molecule has 6 heteroatoms. The van der Waals surface area contributed by atoms with Gasteiger partial charge < -0.3 is 10.3 Å². The SMILES string of the molecule is Cn1c(N)nc(Br)c1-c1ccc(Cl)s1. The zero-order valence-electron chi connectivity index (χ0n) is 7.29.